The van der Waals surface area contributed by atoms with E-state index in [9.17, 15) is 4.79 Å². The van der Waals surface area contributed by atoms with Gasteiger partial charge in [0.05, 0.1) is 11.9 Å². The van der Waals surface area contributed by atoms with Crippen molar-refractivity contribution in [3.8, 4) is 11.3 Å². The van der Waals surface area contributed by atoms with Gasteiger partial charge in [0.25, 0.3) is 5.91 Å². The highest BCUT2D eigenvalue weighted by molar-refractivity contribution is 7.14. The summed E-state index contributed by atoms with van der Waals surface area (Å²) < 4.78 is 0. The maximum Gasteiger partial charge on any atom is 0.271 e. The third-order valence-electron chi connectivity index (χ3n) is 5.03. The Hall–Kier alpha value is -3.94. The molecule has 0 spiro atoms. The molecule has 0 aliphatic carbocycles. The van der Waals surface area contributed by atoms with Crippen LogP contribution in [-0.4, -0.2) is 22.1 Å². The number of halogens is 1. The van der Waals surface area contributed by atoms with Crippen molar-refractivity contribution in [3.63, 3.8) is 0 Å². The molecular weight excluding hydrogens is 454 g/mol. The zero-order valence-electron chi connectivity index (χ0n) is 17.2. The predicted octanol–water partition coefficient (Wildman–Crippen LogP) is 6.45. The van der Waals surface area contributed by atoms with Gasteiger partial charge >= 0.3 is 0 Å². The van der Waals surface area contributed by atoms with Gasteiger partial charge in [-0.1, -0.05) is 41.9 Å². The van der Waals surface area contributed by atoms with Crippen LogP contribution in [0.5, 0.6) is 0 Å². The maximum absolute atomic E-state index is 12.5. The summed E-state index contributed by atoms with van der Waals surface area (Å²) in [5.74, 6) is -0.277. The number of nitrogens with zero attached hydrogens (tertiary/aromatic N) is 2. The van der Waals surface area contributed by atoms with Crippen LogP contribution in [0.4, 0.5) is 10.8 Å². The second-order valence-electron chi connectivity index (χ2n) is 7.24. The first-order chi connectivity index (χ1) is 16.2. The largest absolute Gasteiger partial charge is 0.361 e. The zero-order valence-corrected chi connectivity index (χ0v) is 18.8. The standard InChI is InChI=1S/C25H18ClN5OS/c26-19-9-11-20(12-10-19)29-25-30-23(15-33-25)16-5-7-17(8-6-16)24(32)31-28-14-18-13-27-22-4-2-1-3-21(18)22/h1-15,27H,(H,29,30)(H,31,32). The summed E-state index contributed by atoms with van der Waals surface area (Å²) >= 11 is 7.44. The second kappa shape index (κ2) is 9.28. The summed E-state index contributed by atoms with van der Waals surface area (Å²) in [7, 11) is 0. The van der Waals surface area contributed by atoms with Gasteiger partial charge in [0, 0.05) is 49.9 Å². The third kappa shape index (κ3) is 4.79. The molecule has 0 atom stereocenters. The number of hydrogen-bond acceptors (Lipinski definition) is 5. The molecule has 0 saturated heterocycles. The maximum atomic E-state index is 12.5. The van der Waals surface area contributed by atoms with Crippen molar-refractivity contribution in [2.45, 2.75) is 0 Å². The molecule has 0 aliphatic heterocycles. The predicted molar refractivity (Wildman–Crippen MR) is 136 cm³/mol. The van der Waals surface area contributed by atoms with Gasteiger partial charge in [-0.3, -0.25) is 4.79 Å². The van der Waals surface area contributed by atoms with Crippen molar-refractivity contribution < 1.29 is 4.79 Å². The number of nitrogens with one attached hydrogen (secondary N) is 3. The zero-order chi connectivity index (χ0) is 22.6. The number of H-pyrrole nitrogens is 1. The van der Waals surface area contributed by atoms with Crippen LogP contribution in [0.25, 0.3) is 22.2 Å². The van der Waals surface area contributed by atoms with Crippen molar-refractivity contribution in [1.82, 2.24) is 15.4 Å². The Kier molecular flexibility index (Phi) is 5.89. The lowest BCUT2D eigenvalue weighted by Crippen LogP contribution is -2.17. The number of benzene rings is 3. The highest BCUT2D eigenvalue weighted by atomic mass is 35.5. The van der Waals surface area contributed by atoms with E-state index >= 15 is 0 Å². The average Bonchev–Trinajstić information content (AvgIpc) is 3.48. The minimum absolute atomic E-state index is 0.277. The number of anilines is 2. The van der Waals surface area contributed by atoms with E-state index in [0.29, 0.717) is 10.6 Å². The Bertz CT molecular complexity index is 1440. The van der Waals surface area contributed by atoms with Crippen LogP contribution in [0.2, 0.25) is 5.02 Å². The number of aromatic amines is 1. The molecule has 33 heavy (non-hydrogen) atoms. The molecule has 5 aromatic rings. The Morgan fingerprint density at radius 1 is 1.03 bits per heavy atom. The first-order valence-electron chi connectivity index (χ1n) is 10.1. The Labute approximate surface area is 199 Å². The van der Waals surface area contributed by atoms with Crippen LogP contribution in [0.3, 0.4) is 0 Å². The molecule has 162 valence electrons. The SMILES string of the molecule is O=C(NN=Cc1c[nH]c2ccccc12)c1ccc(-c2csc(Nc3ccc(Cl)cc3)n2)cc1. The number of hydrazone groups is 1. The normalized spacial score (nSPS) is 11.2. The molecule has 6 nitrogen and oxygen atoms in total. The lowest BCUT2D eigenvalue weighted by Gasteiger charge is -2.03. The van der Waals surface area contributed by atoms with Crippen LogP contribution < -0.4 is 10.7 Å². The van der Waals surface area contributed by atoms with Crippen molar-refractivity contribution >= 4 is 56.8 Å². The molecular formula is C25H18ClN5OS. The van der Waals surface area contributed by atoms with Crippen molar-refractivity contribution in [1.29, 1.82) is 0 Å². The number of para-hydroxylation sites is 1. The Morgan fingerprint density at radius 3 is 2.64 bits per heavy atom. The molecule has 3 aromatic carbocycles. The van der Waals surface area contributed by atoms with Gasteiger partial charge in [-0.2, -0.15) is 5.10 Å². The lowest BCUT2D eigenvalue weighted by molar-refractivity contribution is 0.0955. The van der Waals surface area contributed by atoms with Gasteiger partial charge in [-0.25, -0.2) is 10.4 Å². The second-order valence-corrected chi connectivity index (χ2v) is 8.53. The van der Waals surface area contributed by atoms with Crippen molar-refractivity contribution in [2.24, 2.45) is 5.10 Å². The summed E-state index contributed by atoms with van der Waals surface area (Å²) in [4.78, 5) is 20.3. The monoisotopic (exact) mass is 471 g/mol. The van der Waals surface area contributed by atoms with E-state index in [4.69, 9.17) is 11.6 Å². The summed E-state index contributed by atoms with van der Waals surface area (Å²) in [5.41, 5.74) is 7.71. The number of rotatable bonds is 6. The fourth-order valence-electron chi connectivity index (χ4n) is 3.34. The molecule has 0 radical (unpaired) electrons. The van der Waals surface area contributed by atoms with E-state index in [2.05, 4.69) is 25.8 Å². The van der Waals surface area contributed by atoms with Crippen molar-refractivity contribution in [2.75, 3.05) is 5.32 Å². The molecule has 0 unspecified atom stereocenters. The van der Waals surface area contributed by atoms with E-state index in [1.165, 1.54) is 11.3 Å². The number of thiazole rings is 1. The number of amides is 1. The fraction of sp³-hybridized carbons (Fsp3) is 0. The van der Waals surface area contributed by atoms with E-state index in [1.54, 1.807) is 18.3 Å². The average molecular weight is 472 g/mol. The number of fused-ring (bicyclic) bond motifs is 1. The molecule has 8 heteroatoms. The highest BCUT2D eigenvalue weighted by Gasteiger charge is 2.08. The van der Waals surface area contributed by atoms with Gasteiger partial charge < -0.3 is 10.3 Å². The van der Waals surface area contributed by atoms with E-state index < -0.39 is 0 Å². The van der Waals surface area contributed by atoms with Crippen LogP contribution in [0.15, 0.2) is 89.5 Å². The first kappa shape index (κ1) is 20.9. The summed E-state index contributed by atoms with van der Waals surface area (Å²) in [6.45, 7) is 0. The van der Waals surface area contributed by atoms with Crippen LogP contribution in [0, 0.1) is 0 Å². The molecule has 5 rings (SSSR count). The minimum Gasteiger partial charge on any atom is -0.361 e. The number of carbonyl (C=O) groups is 1. The van der Waals surface area contributed by atoms with E-state index in [-0.39, 0.29) is 5.91 Å². The van der Waals surface area contributed by atoms with Gasteiger partial charge in [0.2, 0.25) is 0 Å². The molecule has 0 fully saturated rings. The molecule has 0 saturated carbocycles. The number of hydrogen-bond donors (Lipinski definition) is 3. The van der Waals surface area contributed by atoms with Crippen LogP contribution >= 0.6 is 22.9 Å². The van der Waals surface area contributed by atoms with E-state index in [1.807, 2.05) is 72.2 Å². The Morgan fingerprint density at radius 2 is 1.82 bits per heavy atom. The molecule has 0 bridgehead atoms. The molecule has 3 N–H and O–H groups in total. The fourth-order valence-corrected chi connectivity index (χ4v) is 4.20. The third-order valence-corrected chi connectivity index (χ3v) is 6.04. The van der Waals surface area contributed by atoms with Crippen molar-refractivity contribution in [3.05, 3.63) is 101 Å². The summed E-state index contributed by atoms with van der Waals surface area (Å²) in [5, 5.41) is 11.8. The van der Waals surface area contributed by atoms with Gasteiger partial charge in [0.15, 0.2) is 5.13 Å². The minimum atomic E-state index is -0.277. The molecule has 2 aromatic heterocycles. The van der Waals surface area contributed by atoms with Gasteiger partial charge in [-0.15, -0.1) is 11.3 Å². The molecule has 1 amide bonds. The quantitative estimate of drug-likeness (QED) is 0.196. The lowest BCUT2D eigenvalue weighted by atomic mass is 10.1. The van der Waals surface area contributed by atoms with Gasteiger partial charge in [0.1, 0.15) is 0 Å². The van der Waals surface area contributed by atoms with Gasteiger partial charge in [-0.05, 0) is 42.5 Å². The van der Waals surface area contributed by atoms with Crippen LogP contribution in [-0.2, 0) is 0 Å². The highest BCUT2D eigenvalue weighted by Crippen LogP contribution is 2.28. The topological polar surface area (TPSA) is 82.2 Å². The number of carbonyl (C=O) groups excluding carboxylic acids is 1. The number of aromatic nitrogens is 2. The summed E-state index contributed by atoms with van der Waals surface area (Å²) in [6, 6.07) is 22.7. The Balaban J connectivity index is 1.22. The van der Waals surface area contributed by atoms with E-state index in [0.717, 1.165) is 38.5 Å². The molecule has 2 heterocycles. The molecule has 0 aliphatic rings. The first-order valence-corrected chi connectivity index (χ1v) is 11.4. The van der Waals surface area contributed by atoms with Crippen LogP contribution in [0.1, 0.15) is 15.9 Å². The summed E-state index contributed by atoms with van der Waals surface area (Å²) in [6.07, 6.45) is 3.49. The smallest absolute Gasteiger partial charge is 0.271 e.